The third kappa shape index (κ3) is 2.55. The first-order valence-corrected chi connectivity index (χ1v) is 8.52. The van der Waals surface area contributed by atoms with Gasteiger partial charge in [-0.3, -0.25) is 10.1 Å². The number of fused-ring (bicyclic) bond motifs is 3. The van der Waals surface area contributed by atoms with Crippen molar-refractivity contribution in [1.29, 1.82) is 0 Å². The van der Waals surface area contributed by atoms with Gasteiger partial charge in [0, 0.05) is 17.0 Å². The molecule has 6 heteroatoms. The molecule has 0 aromatic heterocycles. The molecule has 4 rings (SSSR count). The van der Waals surface area contributed by atoms with E-state index >= 15 is 0 Å². The van der Waals surface area contributed by atoms with Crippen molar-refractivity contribution in [1.82, 2.24) is 0 Å². The van der Waals surface area contributed by atoms with E-state index in [4.69, 9.17) is 16.3 Å². The highest BCUT2D eigenvalue weighted by Gasteiger charge is 2.42. The number of halogens is 1. The summed E-state index contributed by atoms with van der Waals surface area (Å²) in [7, 11) is 1.58. The Kier molecular flexibility index (Phi) is 3.88. The van der Waals surface area contributed by atoms with Crippen molar-refractivity contribution in [3.05, 3.63) is 74.8 Å². The van der Waals surface area contributed by atoms with Gasteiger partial charge < -0.3 is 10.1 Å². The minimum absolute atomic E-state index is 0.00701. The lowest BCUT2D eigenvalue weighted by molar-refractivity contribution is -0.385. The van der Waals surface area contributed by atoms with E-state index in [0.29, 0.717) is 22.0 Å². The first-order valence-electron chi connectivity index (χ1n) is 8.14. The summed E-state index contributed by atoms with van der Waals surface area (Å²) in [6, 6.07) is 11.0. The third-order valence-corrected chi connectivity index (χ3v) is 5.36. The molecule has 0 radical (unpaired) electrons. The smallest absolute Gasteiger partial charge is 0.275 e. The second-order valence-electron chi connectivity index (χ2n) is 6.36. The lowest BCUT2D eigenvalue weighted by atomic mass is 9.76. The fourth-order valence-corrected chi connectivity index (χ4v) is 4.12. The predicted octanol–water partition coefficient (Wildman–Crippen LogP) is 5.08. The number of nitrogens with one attached hydrogen (secondary N) is 1. The second-order valence-corrected chi connectivity index (χ2v) is 6.80. The third-order valence-electron chi connectivity index (χ3n) is 5.10. The van der Waals surface area contributed by atoms with E-state index in [-0.39, 0.29) is 28.5 Å². The first kappa shape index (κ1) is 16.0. The zero-order chi connectivity index (χ0) is 17.6. The van der Waals surface area contributed by atoms with E-state index in [2.05, 4.69) is 17.5 Å². The molecule has 0 spiro atoms. The van der Waals surface area contributed by atoms with Gasteiger partial charge in [-0.2, -0.15) is 0 Å². The maximum absolute atomic E-state index is 11.5. The molecule has 0 amide bonds. The average molecular weight is 357 g/mol. The van der Waals surface area contributed by atoms with E-state index in [9.17, 15) is 10.1 Å². The Balaban J connectivity index is 1.87. The van der Waals surface area contributed by atoms with Crippen LogP contribution in [-0.4, -0.2) is 12.0 Å². The Bertz CT molecular complexity index is 864. The summed E-state index contributed by atoms with van der Waals surface area (Å²) in [5.74, 6) is 0.838. The number of hydrogen-bond donors (Lipinski definition) is 1. The average Bonchev–Trinajstić information content (AvgIpc) is 3.10. The van der Waals surface area contributed by atoms with Crippen molar-refractivity contribution in [2.45, 2.75) is 18.4 Å². The summed E-state index contributed by atoms with van der Waals surface area (Å²) in [5.41, 5.74) is 2.68. The second kappa shape index (κ2) is 6.08. The van der Waals surface area contributed by atoms with Crippen LogP contribution in [-0.2, 0) is 0 Å². The van der Waals surface area contributed by atoms with Crippen molar-refractivity contribution in [2.75, 3.05) is 12.4 Å². The number of nitrogens with zero attached hydrogens (tertiary/aromatic N) is 1. The summed E-state index contributed by atoms with van der Waals surface area (Å²) >= 11 is 6.02. The number of rotatable bonds is 3. The molecule has 128 valence electrons. The van der Waals surface area contributed by atoms with E-state index in [0.717, 1.165) is 12.0 Å². The summed E-state index contributed by atoms with van der Waals surface area (Å²) < 4.78 is 5.47. The van der Waals surface area contributed by atoms with Gasteiger partial charge in [0.2, 0.25) is 0 Å². The number of hydrogen-bond acceptors (Lipinski definition) is 4. The molecular formula is C19H17ClN2O3. The molecule has 2 aromatic rings. The van der Waals surface area contributed by atoms with Gasteiger partial charge in [-0.25, -0.2) is 0 Å². The van der Waals surface area contributed by atoms with Crippen LogP contribution in [0.3, 0.4) is 0 Å². The van der Waals surface area contributed by atoms with Gasteiger partial charge in [-0.15, -0.1) is 0 Å². The van der Waals surface area contributed by atoms with Gasteiger partial charge in [0.25, 0.3) is 5.69 Å². The molecule has 1 N–H and O–H groups in total. The molecule has 1 heterocycles. The maximum Gasteiger partial charge on any atom is 0.275 e. The van der Waals surface area contributed by atoms with Crippen LogP contribution in [0.1, 0.15) is 29.5 Å². The Hall–Kier alpha value is -2.53. The summed E-state index contributed by atoms with van der Waals surface area (Å²) in [4.78, 5) is 11.2. The zero-order valence-corrected chi connectivity index (χ0v) is 14.4. The van der Waals surface area contributed by atoms with Crippen molar-refractivity contribution in [3.8, 4) is 5.75 Å². The highest BCUT2D eigenvalue weighted by molar-refractivity contribution is 6.30. The number of allylic oxidation sites excluding steroid dienone is 2. The lowest BCUT2D eigenvalue weighted by Gasteiger charge is -2.37. The van der Waals surface area contributed by atoms with E-state index in [1.165, 1.54) is 6.07 Å². The van der Waals surface area contributed by atoms with E-state index in [1.54, 1.807) is 13.2 Å². The molecule has 1 aliphatic heterocycles. The fourth-order valence-electron chi connectivity index (χ4n) is 3.99. The molecule has 2 aliphatic rings. The number of anilines is 1. The Morgan fingerprint density at radius 1 is 1.24 bits per heavy atom. The van der Waals surface area contributed by atoms with Crippen molar-refractivity contribution in [3.63, 3.8) is 0 Å². The van der Waals surface area contributed by atoms with Crippen molar-refractivity contribution < 1.29 is 9.66 Å². The van der Waals surface area contributed by atoms with Crippen molar-refractivity contribution in [2.24, 2.45) is 5.92 Å². The molecule has 0 saturated heterocycles. The van der Waals surface area contributed by atoms with Gasteiger partial charge in [0.05, 0.1) is 29.3 Å². The Morgan fingerprint density at radius 2 is 2.00 bits per heavy atom. The van der Waals surface area contributed by atoms with Gasteiger partial charge in [-0.1, -0.05) is 35.9 Å². The monoisotopic (exact) mass is 356 g/mol. The number of benzene rings is 2. The van der Waals surface area contributed by atoms with Gasteiger partial charge in [-0.05, 0) is 36.1 Å². The van der Waals surface area contributed by atoms with Crippen LogP contribution in [0.5, 0.6) is 5.75 Å². The van der Waals surface area contributed by atoms with Crippen LogP contribution in [0, 0.1) is 16.0 Å². The fraction of sp³-hybridized carbons (Fsp3) is 0.263. The first-order chi connectivity index (χ1) is 12.1. The highest BCUT2D eigenvalue weighted by Crippen LogP contribution is 2.54. The minimum Gasteiger partial charge on any atom is -0.495 e. The van der Waals surface area contributed by atoms with Gasteiger partial charge in [0.1, 0.15) is 5.75 Å². The van der Waals surface area contributed by atoms with E-state index < -0.39 is 0 Å². The minimum atomic E-state index is -0.314. The topological polar surface area (TPSA) is 64.4 Å². The van der Waals surface area contributed by atoms with Crippen LogP contribution in [0.2, 0.25) is 5.02 Å². The van der Waals surface area contributed by atoms with Crippen LogP contribution in [0.25, 0.3) is 0 Å². The number of methoxy groups -OCH3 is 1. The molecule has 3 atom stereocenters. The molecule has 0 unspecified atom stereocenters. The normalized spacial score (nSPS) is 23.5. The summed E-state index contributed by atoms with van der Waals surface area (Å²) in [6.45, 7) is 0. The summed E-state index contributed by atoms with van der Waals surface area (Å²) in [5, 5.41) is 15.7. The van der Waals surface area contributed by atoms with Crippen LogP contribution < -0.4 is 10.1 Å². The molecular weight excluding hydrogens is 340 g/mol. The Labute approximate surface area is 150 Å². The summed E-state index contributed by atoms with van der Waals surface area (Å²) in [6.07, 6.45) is 5.07. The molecule has 0 bridgehead atoms. The van der Waals surface area contributed by atoms with Crippen LogP contribution in [0.4, 0.5) is 11.4 Å². The number of nitro benzene ring substituents is 1. The number of nitro groups is 1. The standard InChI is InChI=1S/C19H17ClN2O3/c1-25-16-10-9-15(22(23)24)17-13-3-2-4-14(13)18(21-19(16)17)11-5-7-12(20)8-6-11/h2-3,5-10,13-14,18,21H,4H2,1H3/t13-,14+,18-/m1/s1. The SMILES string of the molecule is COc1ccc([N+](=O)[O-])c2c1N[C@H](c1ccc(Cl)cc1)[C@H]1CC=C[C@@H]21. The van der Waals surface area contributed by atoms with Gasteiger partial charge in [0.15, 0.2) is 0 Å². The van der Waals surface area contributed by atoms with Crippen LogP contribution >= 0.6 is 11.6 Å². The zero-order valence-electron chi connectivity index (χ0n) is 13.6. The Morgan fingerprint density at radius 3 is 2.68 bits per heavy atom. The molecule has 5 nitrogen and oxygen atoms in total. The molecule has 0 fully saturated rings. The predicted molar refractivity (Wildman–Crippen MR) is 97.5 cm³/mol. The molecule has 2 aromatic carbocycles. The molecule has 1 aliphatic carbocycles. The lowest BCUT2D eigenvalue weighted by Crippen LogP contribution is -2.30. The molecule has 25 heavy (non-hydrogen) atoms. The molecule has 0 saturated carbocycles. The number of ether oxygens (including phenoxy) is 1. The highest BCUT2D eigenvalue weighted by atomic mass is 35.5. The largest absolute Gasteiger partial charge is 0.495 e. The van der Waals surface area contributed by atoms with Crippen molar-refractivity contribution >= 4 is 23.0 Å². The van der Waals surface area contributed by atoms with E-state index in [1.807, 2.05) is 24.3 Å². The maximum atomic E-state index is 11.5. The van der Waals surface area contributed by atoms with Crippen LogP contribution in [0.15, 0.2) is 48.6 Å². The quantitative estimate of drug-likeness (QED) is 0.473. The van der Waals surface area contributed by atoms with Gasteiger partial charge >= 0.3 is 0 Å².